The number of aromatic hydroxyl groups is 4. The monoisotopic (exact) mass is 640 g/mol. The molecule has 0 saturated carbocycles. The molecular formula is C29H36O16. The second kappa shape index (κ2) is 15.2. The minimum absolute atomic E-state index is 0.0916. The van der Waals surface area contributed by atoms with Crippen molar-refractivity contribution in [3.63, 3.8) is 0 Å². The Labute approximate surface area is 256 Å². The Morgan fingerprint density at radius 3 is 2.02 bits per heavy atom. The quantitative estimate of drug-likeness (QED) is 0.0720. The van der Waals surface area contributed by atoms with Crippen molar-refractivity contribution in [1.82, 2.24) is 0 Å². The van der Waals surface area contributed by atoms with Gasteiger partial charge in [-0.3, -0.25) is 0 Å². The summed E-state index contributed by atoms with van der Waals surface area (Å²) < 4.78 is 27.6. The summed E-state index contributed by atoms with van der Waals surface area (Å²) in [5.74, 6) is -2.46. The van der Waals surface area contributed by atoms with Gasteiger partial charge in [-0.1, -0.05) is 12.1 Å². The average Bonchev–Trinajstić information content (AvgIpc) is 3.01. The average molecular weight is 641 g/mol. The number of hydrogen-bond acceptors (Lipinski definition) is 16. The van der Waals surface area contributed by atoms with Gasteiger partial charge in [0.2, 0.25) is 0 Å². The molecule has 248 valence electrons. The third-order valence-electron chi connectivity index (χ3n) is 7.29. The number of esters is 1. The Balaban J connectivity index is 1.46. The molecule has 10 N–H and O–H groups in total. The first kappa shape index (κ1) is 34.3. The zero-order valence-electron chi connectivity index (χ0n) is 23.6. The van der Waals surface area contributed by atoms with Gasteiger partial charge in [0.15, 0.2) is 41.7 Å². The Kier molecular flexibility index (Phi) is 11.6. The van der Waals surface area contributed by atoms with Crippen molar-refractivity contribution in [2.24, 2.45) is 0 Å². The molecule has 0 radical (unpaired) electrons. The number of aliphatic hydroxyl groups excluding tert-OH is 6. The third kappa shape index (κ3) is 8.39. The molecule has 4 rings (SSSR count). The summed E-state index contributed by atoms with van der Waals surface area (Å²) in [6, 6.07) is 7.91. The lowest BCUT2D eigenvalue weighted by molar-refractivity contribution is -0.331. The molecule has 2 aromatic carbocycles. The van der Waals surface area contributed by atoms with Crippen molar-refractivity contribution in [3.8, 4) is 23.0 Å². The standard InChI is InChI=1S/C29H36O16/c30-11-19-22(36)23(37)25(39)29(43-19)42-12-20-27(45-21(35)6-3-13-1-4-15(31)17(33)9-13)24(38)26(40)28(44-20)41-8-7-14-2-5-16(32)18(34)10-14/h1-6,9-10,19-20,22-34,36-40H,7-8,11-12H2/t19-,20+,22+,23-,24+,25+,26-,27-,28+,29-/m0/s1. The lowest BCUT2D eigenvalue weighted by Crippen LogP contribution is -2.62. The molecule has 2 aliphatic heterocycles. The number of carbonyl (C=O) groups is 1. The molecule has 10 atom stereocenters. The maximum absolute atomic E-state index is 12.7. The van der Waals surface area contributed by atoms with Crippen LogP contribution in [0.5, 0.6) is 23.0 Å². The number of phenols is 4. The molecule has 0 amide bonds. The van der Waals surface area contributed by atoms with Crippen molar-refractivity contribution in [2.75, 3.05) is 19.8 Å². The zero-order chi connectivity index (χ0) is 32.8. The van der Waals surface area contributed by atoms with Gasteiger partial charge in [-0.05, 0) is 47.9 Å². The lowest BCUT2D eigenvalue weighted by Gasteiger charge is -2.43. The number of hydrogen-bond donors (Lipinski definition) is 10. The van der Waals surface area contributed by atoms with Crippen LogP contribution in [0.2, 0.25) is 0 Å². The van der Waals surface area contributed by atoms with Crippen LogP contribution in [0.15, 0.2) is 42.5 Å². The van der Waals surface area contributed by atoms with Crippen LogP contribution in [0, 0.1) is 0 Å². The Hall–Kier alpha value is -3.55. The van der Waals surface area contributed by atoms with Crippen LogP contribution in [0.25, 0.3) is 6.08 Å². The molecular weight excluding hydrogens is 604 g/mol. The molecule has 2 saturated heterocycles. The minimum Gasteiger partial charge on any atom is -0.504 e. The highest BCUT2D eigenvalue weighted by Gasteiger charge is 2.49. The molecule has 0 aliphatic carbocycles. The molecule has 45 heavy (non-hydrogen) atoms. The van der Waals surface area contributed by atoms with E-state index in [4.69, 9.17) is 23.7 Å². The first-order chi connectivity index (χ1) is 21.4. The van der Waals surface area contributed by atoms with E-state index in [0.29, 0.717) is 11.1 Å². The van der Waals surface area contributed by atoms with Gasteiger partial charge < -0.3 is 74.7 Å². The third-order valence-corrected chi connectivity index (χ3v) is 7.29. The van der Waals surface area contributed by atoms with Gasteiger partial charge in [0.05, 0.1) is 19.8 Å². The number of benzene rings is 2. The highest BCUT2D eigenvalue weighted by molar-refractivity contribution is 5.87. The summed E-state index contributed by atoms with van der Waals surface area (Å²) >= 11 is 0. The van der Waals surface area contributed by atoms with Gasteiger partial charge in [-0.15, -0.1) is 0 Å². The second-order valence-corrected chi connectivity index (χ2v) is 10.5. The first-order valence-electron chi connectivity index (χ1n) is 13.9. The van der Waals surface area contributed by atoms with Crippen LogP contribution >= 0.6 is 0 Å². The Morgan fingerprint density at radius 2 is 1.36 bits per heavy atom. The molecule has 0 spiro atoms. The van der Waals surface area contributed by atoms with Crippen LogP contribution in [0.4, 0.5) is 0 Å². The van der Waals surface area contributed by atoms with Crippen LogP contribution in [0.3, 0.4) is 0 Å². The van der Waals surface area contributed by atoms with Crippen molar-refractivity contribution < 1.29 is 79.5 Å². The van der Waals surface area contributed by atoms with Crippen LogP contribution < -0.4 is 0 Å². The van der Waals surface area contributed by atoms with E-state index in [1.54, 1.807) is 0 Å². The largest absolute Gasteiger partial charge is 0.504 e. The zero-order valence-corrected chi connectivity index (χ0v) is 23.6. The minimum atomic E-state index is -1.79. The summed E-state index contributed by atoms with van der Waals surface area (Å²) in [6.07, 6.45) is -13.6. The van der Waals surface area contributed by atoms with Crippen molar-refractivity contribution in [1.29, 1.82) is 0 Å². The lowest BCUT2D eigenvalue weighted by atomic mass is 9.98. The Morgan fingerprint density at radius 1 is 0.733 bits per heavy atom. The summed E-state index contributed by atoms with van der Waals surface area (Å²) in [4.78, 5) is 12.7. The number of phenolic OH excluding ortho intramolecular Hbond substituents is 4. The SMILES string of the molecule is O=C(C=Cc1ccc(O)c(O)c1)O[C@@H]1[C@H](O)[C@H](O)[C@H](OCCc2ccc(O)c(O)c2)O[C@@H]1CO[C@H]1O[C@@H](CO)[C@@H](O)[C@H](O)[C@H]1O. The molecule has 0 aromatic heterocycles. The van der Waals surface area contributed by atoms with E-state index in [9.17, 15) is 55.9 Å². The smallest absolute Gasteiger partial charge is 0.331 e. The first-order valence-corrected chi connectivity index (χ1v) is 13.9. The number of ether oxygens (including phenoxy) is 5. The van der Waals surface area contributed by atoms with Crippen LogP contribution in [-0.4, -0.2) is 138 Å². The number of rotatable bonds is 11. The van der Waals surface area contributed by atoms with E-state index in [1.165, 1.54) is 42.5 Å². The second-order valence-electron chi connectivity index (χ2n) is 10.5. The van der Waals surface area contributed by atoms with Gasteiger partial charge in [0.1, 0.15) is 42.7 Å². The molecule has 2 fully saturated rings. The normalized spacial score (nSPS) is 32.0. The molecule has 2 aliphatic rings. The maximum Gasteiger partial charge on any atom is 0.331 e. The van der Waals surface area contributed by atoms with Gasteiger partial charge in [-0.25, -0.2) is 4.79 Å². The fraction of sp³-hybridized carbons (Fsp3) is 0.483. The van der Waals surface area contributed by atoms with E-state index in [0.717, 1.165) is 6.08 Å². The Bertz CT molecular complexity index is 1320. The maximum atomic E-state index is 12.7. The van der Waals surface area contributed by atoms with Crippen LogP contribution in [0.1, 0.15) is 11.1 Å². The van der Waals surface area contributed by atoms with E-state index in [-0.39, 0.29) is 30.3 Å². The van der Waals surface area contributed by atoms with E-state index < -0.39 is 86.3 Å². The summed E-state index contributed by atoms with van der Waals surface area (Å²) in [5, 5.41) is 99.8. The van der Waals surface area contributed by atoms with Gasteiger partial charge in [0, 0.05) is 6.08 Å². The van der Waals surface area contributed by atoms with E-state index in [1.807, 2.05) is 0 Å². The molecule has 2 heterocycles. The van der Waals surface area contributed by atoms with Crippen LogP contribution in [-0.2, 0) is 34.9 Å². The molecule has 0 unspecified atom stereocenters. The molecule has 0 bridgehead atoms. The fourth-order valence-corrected chi connectivity index (χ4v) is 4.72. The van der Waals surface area contributed by atoms with E-state index >= 15 is 0 Å². The van der Waals surface area contributed by atoms with Gasteiger partial charge in [-0.2, -0.15) is 0 Å². The van der Waals surface area contributed by atoms with Gasteiger partial charge in [0.25, 0.3) is 0 Å². The summed E-state index contributed by atoms with van der Waals surface area (Å²) in [7, 11) is 0. The van der Waals surface area contributed by atoms with Crippen molar-refractivity contribution >= 4 is 12.0 Å². The predicted octanol–water partition coefficient (Wildman–Crippen LogP) is -2.04. The molecule has 16 nitrogen and oxygen atoms in total. The summed E-state index contributed by atoms with van der Waals surface area (Å²) in [6.45, 7) is -1.38. The highest BCUT2D eigenvalue weighted by Crippen LogP contribution is 2.29. The van der Waals surface area contributed by atoms with Crippen molar-refractivity contribution in [2.45, 2.75) is 67.8 Å². The molecule has 16 heteroatoms. The predicted molar refractivity (Wildman–Crippen MR) is 149 cm³/mol. The van der Waals surface area contributed by atoms with Gasteiger partial charge >= 0.3 is 5.97 Å². The number of aliphatic hydroxyl groups is 6. The number of carbonyl (C=O) groups excluding carboxylic acids is 1. The van der Waals surface area contributed by atoms with E-state index in [2.05, 4.69) is 0 Å². The van der Waals surface area contributed by atoms with Crippen molar-refractivity contribution in [3.05, 3.63) is 53.6 Å². The fourth-order valence-electron chi connectivity index (χ4n) is 4.72. The topological polar surface area (TPSA) is 266 Å². The molecule has 2 aromatic rings. The highest BCUT2D eigenvalue weighted by atomic mass is 16.7. The summed E-state index contributed by atoms with van der Waals surface area (Å²) in [5.41, 5.74) is 0.889.